The molecule has 1 saturated heterocycles. The Balaban J connectivity index is 1.80. The number of aryl methyl sites for hydroxylation is 2. The number of aliphatic hydroxyl groups is 1. The summed E-state index contributed by atoms with van der Waals surface area (Å²) in [5.74, 6) is -0.744. The summed E-state index contributed by atoms with van der Waals surface area (Å²) in [6, 6.07) is 17.5. The molecule has 0 saturated carbocycles. The van der Waals surface area contributed by atoms with Gasteiger partial charge in [-0.05, 0) is 56.2 Å². The number of amides is 1. The van der Waals surface area contributed by atoms with E-state index in [2.05, 4.69) is 4.98 Å². The molecule has 0 aliphatic carbocycles. The van der Waals surface area contributed by atoms with Crippen LogP contribution >= 0.6 is 0 Å². The van der Waals surface area contributed by atoms with Gasteiger partial charge in [0.05, 0.1) is 30.9 Å². The van der Waals surface area contributed by atoms with E-state index < -0.39 is 17.7 Å². The van der Waals surface area contributed by atoms with Crippen molar-refractivity contribution in [3.05, 3.63) is 94.7 Å². The highest BCUT2D eigenvalue weighted by atomic mass is 16.5. The number of fused-ring (bicyclic) bond motifs is 1. The third-order valence-corrected chi connectivity index (χ3v) is 6.65. The maximum atomic E-state index is 13.6. The number of aromatic nitrogens is 1. The van der Waals surface area contributed by atoms with Crippen molar-refractivity contribution in [3.8, 4) is 11.5 Å². The zero-order valence-corrected chi connectivity index (χ0v) is 21.2. The molecule has 1 atom stereocenters. The maximum Gasteiger partial charge on any atom is 0.300 e. The van der Waals surface area contributed by atoms with Gasteiger partial charge in [-0.25, -0.2) is 0 Å². The average molecular weight is 497 g/mol. The van der Waals surface area contributed by atoms with Gasteiger partial charge in [0, 0.05) is 34.4 Å². The first kappa shape index (κ1) is 24.2. The molecular weight excluding hydrogens is 468 g/mol. The lowest BCUT2D eigenvalue weighted by molar-refractivity contribution is -0.132. The normalized spacial score (nSPS) is 17.0. The molecule has 1 aliphatic heterocycles. The largest absolute Gasteiger partial charge is 0.507 e. The smallest absolute Gasteiger partial charge is 0.300 e. The Hall–Kier alpha value is -4.52. The number of aliphatic hydroxyl groups excluding tert-OH is 1. The summed E-state index contributed by atoms with van der Waals surface area (Å²) in [6.45, 7) is 6.11. The van der Waals surface area contributed by atoms with Crippen LogP contribution in [0.25, 0.3) is 16.7 Å². The lowest BCUT2D eigenvalue weighted by Crippen LogP contribution is -2.29. The van der Waals surface area contributed by atoms with E-state index >= 15 is 0 Å². The summed E-state index contributed by atoms with van der Waals surface area (Å²) in [6.07, 6.45) is 1.78. The molecule has 188 valence electrons. The van der Waals surface area contributed by atoms with E-state index in [9.17, 15) is 14.7 Å². The number of anilines is 1. The fraction of sp³-hybridized carbons (Fsp3) is 0.200. The number of rotatable bonds is 6. The summed E-state index contributed by atoms with van der Waals surface area (Å²) in [5.41, 5.74) is 4.12. The lowest BCUT2D eigenvalue weighted by Gasteiger charge is -2.25. The van der Waals surface area contributed by atoms with Gasteiger partial charge in [0.1, 0.15) is 17.3 Å². The van der Waals surface area contributed by atoms with Gasteiger partial charge in [-0.3, -0.25) is 14.5 Å². The summed E-state index contributed by atoms with van der Waals surface area (Å²) in [7, 11) is 1.52. The van der Waals surface area contributed by atoms with Gasteiger partial charge in [-0.2, -0.15) is 0 Å². The van der Waals surface area contributed by atoms with Gasteiger partial charge in [0.25, 0.3) is 11.7 Å². The number of nitrogens with one attached hydrogen (secondary N) is 1. The number of hydrogen-bond acceptors (Lipinski definition) is 5. The molecule has 1 unspecified atom stereocenters. The Morgan fingerprint density at radius 1 is 1.05 bits per heavy atom. The number of ether oxygens (including phenoxy) is 2. The molecule has 1 aliphatic rings. The quantitative estimate of drug-likeness (QED) is 0.199. The lowest BCUT2D eigenvalue weighted by atomic mass is 9.93. The number of nitrogens with zero attached hydrogens (tertiary/aromatic N) is 1. The summed E-state index contributed by atoms with van der Waals surface area (Å²) < 4.78 is 11.3. The molecule has 2 N–H and O–H groups in total. The number of aromatic amines is 1. The monoisotopic (exact) mass is 496 g/mol. The Labute approximate surface area is 214 Å². The number of carbonyl (C=O) groups is 2. The SMILES string of the molecule is CCOc1cccc(N2C(=O)C(=O)/C(=C(/O)c3cc(C)cc(C)c3OC)C2c2c[nH]c3ccccc23)c1. The third kappa shape index (κ3) is 4.02. The second-order valence-corrected chi connectivity index (χ2v) is 9.05. The second-order valence-electron chi connectivity index (χ2n) is 9.05. The highest BCUT2D eigenvalue weighted by Crippen LogP contribution is 2.46. The molecule has 3 aromatic carbocycles. The fourth-order valence-electron chi connectivity index (χ4n) is 5.15. The molecule has 1 aromatic heterocycles. The molecule has 1 fully saturated rings. The average Bonchev–Trinajstić information content (AvgIpc) is 3.42. The van der Waals surface area contributed by atoms with Gasteiger partial charge in [0.2, 0.25) is 0 Å². The number of H-pyrrole nitrogens is 1. The van der Waals surface area contributed by atoms with E-state index in [1.54, 1.807) is 36.5 Å². The van der Waals surface area contributed by atoms with E-state index in [0.29, 0.717) is 34.9 Å². The van der Waals surface area contributed by atoms with E-state index in [4.69, 9.17) is 9.47 Å². The highest BCUT2D eigenvalue weighted by molar-refractivity contribution is 6.52. The molecule has 0 radical (unpaired) electrons. The van der Waals surface area contributed by atoms with Crippen molar-refractivity contribution in [2.75, 3.05) is 18.6 Å². The van der Waals surface area contributed by atoms with Crippen molar-refractivity contribution >= 4 is 34.0 Å². The van der Waals surface area contributed by atoms with Gasteiger partial charge in [-0.1, -0.05) is 30.3 Å². The van der Waals surface area contributed by atoms with Crippen molar-refractivity contribution < 1.29 is 24.2 Å². The van der Waals surface area contributed by atoms with Crippen LogP contribution in [0.5, 0.6) is 11.5 Å². The van der Waals surface area contributed by atoms with E-state index in [-0.39, 0.29) is 11.3 Å². The van der Waals surface area contributed by atoms with E-state index in [1.165, 1.54) is 12.0 Å². The van der Waals surface area contributed by atoms with Gasteiger partial charge in [0.15, 0.2) is 0 Å². The molecule has 4 aromatic rings. The summed E-state index contributed by atoms with van der Waals surface area (Å²) in [5, 5.41) is 12.5. The minimum Gasteiger partial charge on any atom is -0.507 e. The number of benzene rings is 3. The number of hydrogen-bond donors (Lipinski definition) is 2. The van der Waals surface area contributed by atoms with Crippen molar-refractivity contribution in [1.82, 2.24) is 4.98 Å². The first-order valence-corrected chi connectivity index (χ1v) is 12.1. The predicted octanol–water partition coefficient (Wildman–Crippen LogP) is 5.82. The minimum atomic E-state index is -0.876. The second kappa shape index (κ2) is 9.50. The Morgan fingerprint density at radius 2 is 1.84 bits per heavy atom. The van der Waals surface area contributed by atoms with Crippen LogP contribution in [0.1, 0.15) is 35.2 Å². The molecule has 37 heavy (non-hydrogen) atoms. The topological polar surface area (TPSA) is 91.9 Å². The predicted molar refractivity (Wildman–Crippen MR) is 143 cm³/mol. The molecular formula is C30H28N2O5. The molecule has 1 amide bonds. The van der Waals surface area contributed by atoms with Crippen molar-refractivity contribution in [1.29, 1.82) is 0 Å². The first-order chi connectivity index (χ1) is 17.8. The van der Waals surface area contributed by atoms with Gasteiger partial charge < -0.3 is 19.6 Å². The standard InChI is InChI=1S/C30H28N2O5/c1-5-37-20-10-8-9-19(15-20)32-26(23-16-31-24-12-7-6-11-21(23)24)25(28(34)30(32)35)27(33)22-14-17(2)13-18(3)29(22)36-4/h6-16,26,31,33H,5H2,1-4H3/b27-25+. The Kier molecular flexibility index (Phi) is 6.21. The first-order valence-electron chi connectivity index (χ1n) is 12.1. The number of methoxy groups -OCH3 is 1. The van der Waals surface area contributed by atoms with Crippen molar-refractivity contribution in [2.24, 2.45) is 0 Å². The number of ketones is 1. The van der Waals surface area contributed by atoms with Gasteiger partial charge >= 0.3 is 0 Å². The van der Waals surface area contributed by atoms with E-state index in [0.717, 1.165) is 22.0 Å². The van der Waals surface area contributed by atoms with Crippen LogP contribution in [0.15, 0.2) is 72.4 Å². The number of para-hydroxylation sites is 1. The van der Waals surface area contributed by atoms with Crippen LogP contribution in [0, 0.1) is 13.8 Å². The van der Waals surface area contributed by atoms with Crippen molar-refractivity contribution in [2.45, 2.75) is 26.8 Å². The van der Waals surface area contributed by atoms with Gasteiger partial charge in [-0.15, -0.1) is 0 Å². The van der Waals surface area contributed by atoms with Crippen LogP contribution < -0.4 is 14.4 Å². The summed E-state index contributed by atoms with van der Waals surface area (Å²) in [4.78, 5) is 31.9. The molecule has 0 spiro atoms. The van der Waals surface area contributed by atoms with Crippen LogP contribution in [0.4, 0.5) is 5.69 Å². The maximum absolute atomic E-state index is 13.6. The number of carbonyl (C=O) groups excluding carboxylic acids is 2. The van der Waals surface area contributed by atoms with Crippen LogP contribution in [-0.2, 0) is 9.59 Å². The summed E-state index contributed by atoms with van der Waals surface area (Å²) >= 11 is 0. The molecule has 7 nitrogen and oxygen atoms in total. The molecule has 5 rings (SSSR count). The highest BCUT2D eigenvalue weighted by Gasteiger charge is 2.48. The molecule has 0 bridgehead atoms. The molecule has 2 heterocycles. The van der Waals surface area contributed by atoms with Crippen LogP contribution in [-0.4, -0.2) is 35.5 Å². The number of Topliss-reactive ketones (excluding diaryl/α,β-unsaturated/α-hetero) is 1. The van der Waals surface area contributed by atoms with Crippen LogP contribution in [0.3, 0.4) is 0 Å². The van der Waals surface area contributed by atoms with E-state index in [1.807, 2.05) is 51.1 Å². The van der Waals surface area contributed by atoms with Crippen LogP contribution in [0.2, 0.25) is 0 Å². The Morgan fingerprint density at radius 3 is 2.59 bits per heavy atom. The Bertz CT molecular complexity index is 1570. The fourth-order valence-corrected chi connectivity index (χ4v) is 5.15. The van der Waals surface area contributed by atoms with Crippen molar-refractivity contribution in [3.63, 3.8) is 0 Å². The zero-order chi connectivity index (χ0) is 26.3. The molecule has 7 heteroatoms. The third-order valence-electron chi connectivity index (χ3n) is 6.65. The minimum absolute atomic E-state index is 0.000124. The zero-order valence-electron chi connectivity index (χ0n) is 21.2.